The van der Waals surface area contributed by atoms with Crippen molar-refractivity contribution in [3.8, 4) is 0 Å². The van der Waals surface area contributed by atoms with Crippen LogP contribution in [0, 0.1) is 6.92 Å². The molecule has 1 atom stereocenters. The Kier molecular flexibility index (Phi) is 3.92. The van der Waals surface area contributed by atoms with Crippen LogP contribution in [0.25, 0.3) is 0 Å². The molecule has 1 unspecified atom stereocenters. The maximum atomic E-state index is 12.5. The van der Waals surface area contributed by atoms with Crippen molar-refractivity contribution in [2.45, 2.75) is 19.6 Å². The van der Waals surface area contributed by atoms with Crippen molar-refractivity contribution in [2.75, 3.05) is 19.7 Å². The van der Waals surface area contributed by atoms with Gasteiger partial charge in [0.2, 0.25) is 0 Å². The number of aryl methyl sites for hydroxylation is 1. The van der Waals surface area contributed by atoms with Crippen molar-refractivity contribution in [3.05, 3.63) is 42.0 Å². The number of hydrogen-bond donors (Lipinski definition) is 0. The van der Waals surface area contributed by atoms with Crippen LogP contribution in [0.1, 0.15) is 16.1 Å². The third kappa shape index (κ3) is 3.25. The average Bonchev–Trinajstić information content (AvgIpc) is 3.00. The molecule has 2 aromatic rings. The molecule has 1 aliphatic heterocycles. The van der Waals surface area contributed by atoms with E-state index in [9.17, 15) is 4.79 Å². The molecule has 1 saturated heterocycles. The molecule has 3 heterocycles. The molecule has 3 rings (SSSR count). The molecule has 0 radical (unpaired) electrons. The van der Waals surface area contributed by atoms with Gasteiger partial charge in [-0.2, -0.15) is 0 Å². The molecule has 1 aliphatic rings. The molecule has 0 saturated carbocycles. The molecule has 0 aliphatic carbocycles. The second-order valence-corrected chi connectivity index (χ2v) is 5.06. The molecular formula is C14H17N5O2. The SMILES string of the molecule is Cc1ccc(C(=O)N2CCOC(Cn3ccnn3)C2)cn1. The highest BCUT2D eigenvalue weighted by Crippen LogP contribution is 2.11. The second-order valence-electron chi connectivity index (χ2n) is 5.06. The standard InChI is InChI=1S/C14H17N5O2/c1-11-2-3-12(8-15-11)14(20)18-6-7-21-13(9-18)10-19-5-4-16-17-19/h2-5,8,13H,6-7,9-10H2,1H3. The van der Waals surface area contributed by atoms with Crippen LogP contribution in [-0.2, 0) is 11.3 Å². The van der Waals surface area contributed by atoms with Crippen molar-refractivity contribution in [1.82, 2.24) is 24.9 Å². The number of hydrogen-bond acceptors (Lipinski definition) is 5. The molecule has 1 fully saturated rings. The molecule has 110 valence electrons. The molecule has 0 N–H and O–H groups in total. The zero-order chi connectivity index (χ0) is 14.7. The van der Waals surface area contributed by atoms with Gasteiger partial charge in [-0.25, -0.2) is 4.68 Å². The summed E-state index contributed by atoms with van der Waals surface area (Å²) in [4.78, 5) is 18.4. The van der Waals surface area contributed by atoms with E-state index in [4.69, 9.17) is 4.74 Å². The van der Waals surface area contributed by atoms with Crippen molar-refractivity contribution in [1.29, 1.82) is 0 Å². The maximum Gasteiger partial charge on any atom is 0.255 e. The Morgan fingerprint density at radius 2 is 2.38 bits per heavy atom. The summed E-state index contributed by atoms with van der Waals surface area (Å²) in [7, 11) is 0. The van der Waals surface area contributed by atoms with E-state index in [2.05, 4.69) is 15.3 Å². The quantitative estimate of drug-likeness (QED) is 0.823. The van der Waals surface area contributed by atoms with Crippen LogP contribution in [0.2, 0.25) is 0 Å². The highest BCUT2D eigenvalue weighted by molar-refractivity contribution is 5.94. The second kappa shape index (κ2) is 6.01. The zero-order valence-corrected chi connectivity index (χ0v) is 11.8. The van der Waals surface area contributed by atoms with Gasteiger partial charge >= 0.3 is 0 Å². The maximum absolute atomic E-state index is 12.5. The third-order valence-electron chi connectivity index (χ3n) is 3.45. The summed E-state index contributed by atoms with van der Waals surface area (Å²) in [6.07, 6.45) is 4.97. The minimum atomic E-state index is -0.0668. The molecule has 7 nitrogen and oxygen atoms in total. The van der Waals surface area contributed by atoms with Gasteiger partial charge in [-0.05, 0) is 19.1 Å². The first-order chi connectivity index (χ1) is 10.2. The molecule has 0 aromatic carbocycles. The lowest BCUT2D eigenvalue weighted by atomic mass is 10.2. The van der Waals surface area contributed by atoms with Crippen molar-refractivity contribution < 1.29 is 9.53 Å². The summed E-state index contributed by atoms with van der Waals surface area (Å²) in [5.41, 5.74) is 1.51. The first-order valence-electron chi connectivity index (χ1n) is 6.90. The molecular weight excluding hydrogens is 270 g/mol. The fourth-order valence-electron chi connectivity index (χ4n) is 2.33. The van der Waals surface area contributed by atoms with Gasteiger partial charge in [0, 0.05) is 31.2 Å². The van der Waals surface area contributed by atoms with E-state index in [1.165, 1.54) is 0 Å². The zero-order valence-electron chi connectivity index (χ0n) is 11.8. The van der Waals surface area contributed by atoms with E-state index in [1.54, 1.807) is 28.2 Å². The van der Waals surface area contributed by atoms with Gasteiger partial charge < -0.3 is 9.64 Å². The summed E-state index contributed by atoms with van der Waals surface area (Å²) in [5, 5.41) is 7.69. The largest absolute Gasteiger partial charge is 0.373 e. The van der Waals surface area contributed by atoms with Crippen LogP contribution >= 0.6 is 0 Å². The number of carbonyl (C=O) groups excluding carboxylic acids is 1. The third-order valence-corrected chi connectivity index (χ3v) is 3.45. The molecule has 0 bridgehead atoms. The summed E-state index contributed by atoms with van der Waals surface area (Å²) in [6.45, 7) is 4.17. The van der Waals surface area contributed by atoms with Crippen molar-refractivity contribution >= 4 is 5.91 Å². The Hall–Kier alpha value is -2.28. The van der Waals surface area contributed by atoms with Crippen LogP contribution in [0.4, 0.5) is 0 Å². The predicted molar refractivity (Wildman–Crippen MR) is 74.6 cm³/mol. The summed E-state index contributed by atoms with van der Waals surface area (Å²) >= 11 is 0. The smallest absolute Gasteiger partial charge is 0.255 e. The van der Waals surface area contributed by atoms with E-state index in [0.29, 0.717) is 31.8 Å². The Morgan fingerprint density at radius 3 is 3.10 bits per heavy atom. The minimum Gasteiger partial charge on any atom is -0.373 e. The highest BCUT2D eigenvalue weighted by Gasteiger charge is 2.25. The molecule has 7 heteroatoms. The van der Waals surface area contributed by atoms with Crippen LogP contribution < -0.4 is 0 Å². The Morgan fingerprint density at radius 1 is 1.48 bits per heavy atom. The van der Waals surface area contributed by atoms with Gasteiger partial charge in [0.25, 0.3) is 5.91 Å². The number of morpholine rings is 1. The number of nitrogens with zero attached hydrogens (tertiary/aromatic N) is 5. The van der Waals surface area contributed by atoms with E-state index >= 15 is 0 Å². The van der Waals surface area contributed by atoms with E-state index < -0.39 is 0 Å². The van der Waals surface area contributed by atoms with Crippen LogP contribution in [0.15, 0.2) is 30.7 Å². The van der Waals surface area contributed by atoms with Gasteiger partial charge in [0.05, 0.1) is 31.0 Å². The number of ether oxygens (including phenoxy) is 1. The van der Waals surface area contributed by atoms with E-state index in [0.717, 1.165) is 5.69 Å². The number of aromatic nitrogens is 4. The Balaban J connectivity index is 1.65. The normalized spacial score (nSPS) is 18.7. The monoisotopic (exact) mass is 287 g/mol. The fourth-order valence-corrected chi connectivity index (χ4v) is 2.33. The average molecular weight is 287 g/mol. The molecule has 1 amide bonds. The molecule has 21 heavy (non-hydrogen) atoms. The Labute approximate surface area is 122 Å². The number of carbonyl (C=O) groups is 1. The van der Waals surface area contributed by atoms with Gasteiger partial charge in [-0.15, -0.1) is 5.10 Å². The number of amides is 1. The lowest BCUT2D eigenvalue weighted by Gasteiger charge is -2.32. The summed E-state index contributed by atoms with van der Waals surface area (Å²) in [6, 6.07) is 3.66. The van der Waals surface area contributed by atoms with Crippen LogP contribution in [-0.4, -0.2) is 56.6 Å². The van der Waals surface area contributed by atoms with Gasteiger partial charge in [0.1, 0.15) is 0 Å². The Bertz CT molecular complexity index is 596. The lowest BCUT2D eigenvalue weighted by molar-refractivity contribution is -0.0302. The van der Waals surface area contributed by atoms with Gasteiger partial charge in [0.15, 0.2) is 0 Å². The minimum absolute atomic E-state index is 0.00519. The van der Waals surface area contributed by atoms with Crippen molar-refractivity contribution in [2.24, 2.45) is 0 Å². The van der Waals surface area contributed by atoms with Gasteiger partial charge in [-0.3, -0.25) is 9.78 Å². The number of pyridine rings is 1. The predicted octanol–water partition coefficient (Wildman–Crippen LogP) is 0.523. The topological polar surface area (TPSA) is 73.1 Å². The first-order valence-corrected chi connectivity index (χ1v) is 6.90. The number of rotatable bonds is 3. The molecule has 2 aromatic heterocycles. The fraction of sp³-hybridized carbons (Fsp3) is 0.429. The van der Waals surface area contributed by atoms with E-state index in [1.807, 2.05) is 19.1 Å². The highest BCUT2D eigenvalue weighted by atomic mass is 16.5. The van der Waals surface area contributed by atoms with Crippen LogP contribution in [0.5, 0.6) is 0 Å². The van der Waals surface area contributed by atoms with Gasteiger partial charge in [-0.1, -0.05) is 5.21 Å². The summed E-state index contributed by atoms with van der Waals surface area (Å²) < 4.78 is 7.40. The van der Waals surface area contributed by atoms with Crippen molar-refractivity contribution in [3.63, 3.8) is 0 Å². The summed E-state index contributed by atoms with van der Waals surface area (Å²) in [5.74, 6) is -0.00519. The lowest BCUT2D eigenvalue weighted by Crippen LogP contribution is -2.47. The van der Waals surface area contributed by atoms with E-state index in [-0.39, 0.29) is 12.0 Å². The first kappa shape index (κ1) is 13.7. The molecule has 0 spiro atoms. The van der Waals surface area contributed by atoms with Crippen LogP contribution in [0.3, 0.4) is 0 Å².